The molecule has 1 aromatic carbocycles. The van der Waals surface area contributed by atoms with Crippen LogP contribution >= 0.6 is 23.2 Å². The highest BCUT2D eigenvalue weighted by Gasteiger charge is 2.12. The van der Waals surface area contributed by atoms with Crippen molar-refractivity contribution >= 4 is 23.2 Å². The molecule has 0 amide bonds. The molecule has 106 valence electrons. The Morgan fingerprint density at radius 3 is 2.65 bits per heavy atom. The minimum absolute atomic E-state index is 0.343. The van der Waals surface area contributed by atoms with E-state index in [-0.39, 0.29) is 0 Å². The summed E-state index contributed by atoms with van der Waals surface area (Å²) in [6.45, 7) is 6.20. The van der Waals surface area contributed by atoms with E-state index >= 15 is 0 Å². The van der Waals surface area contributed by atoms with E-state index < -0.39 is 0 Å². The Labute approximate surface area is 129 Å². The van der Waals surface area contributed by atoms with Gasteiger partial charge in [-0.05, 0) is 42.2 Å². The largest absolute Gasteiger partial charge is 0.457 e. The number of rotatable bonds is 4. The Bertz CT molecular complexity index is 611. The molecule has 0 fully saturated rings. The first-order chi connectivity index (χ1) is 9.52. The number of benzene rings is 1. The lowest BCUT2D eigenvalue weighted by molar-refractivity contribution is 0.472. The van der Waals surface area contributed by atoms with Crippen LogP contribution in [-0.4, -0.2) is 4.98 Å². The van der Waals surface area contributed by atoms with E-state index in [1.165, 1.54) is 0 Å². The van der Waals surface area contributed by atoms with Gasteiger partial charge in [-0.3, -0.25) is 4.98 Å². The number of hydrogen-bond acceptors (Lipinski definition) is 2. The van der Waals surface area contributed by atoms with Crippen molar-refractivity contribution in [2.75, 3.05) is 0 Å². The van der Waals surface area contributed by atoms with Crippen LogP contribution in [0, 0.1) is 6.92 Å². The number of halogens is 2. The predicted molar refractivity (Wildman–Crippen MR) is 84.1 cm³/mol. The van der Waals surface area contributed by atoms with Crippen molar-refractivity contribution in [1.29, 1.82) is 0 Å². The van der Waals surface area contributed by atoms with Gasteiger partial charge in [-0.2, -0.15) is 0 Å². The number of nitrogens with zero attached hydrogens (tertiary/aromatic N) is 1. The van der Waals surface area contributed by atoms with Crippen molar-refractivity contribution in [2.45, 2.75) is 32.6 Å². The maximum Gasteiger partial charge on any atom is 0.134 e. The van der Waals surface area contributed by atoms with E-state index in [4.69, 9.17) is 27.9 Å². The molecular formula is C16H17Cl2NO. The summed E-state index contributed by atoms with van der Waals surface area (Å²) in [6.07, 6.45) is 3.41. The van der Waals surface area contributed by atoms with Crippen molar-refractivity contribution in [3.63, 3.8) is 0 Å². The van der Waals surface area contributed by atoms with Gasteiger partial charge in [0.15, 0.2) is 0 Å². The number of ether oxygens (including phenoxy) is 1. The smallest absolute Gasteiger partial charge is 0.134 e. The summed E-state index contributed by atoms with van der Waals surface area (Å²) in [6, 6.07) is 5.76. The molecule has 0 aliphatic rings. The maximum absolute atomic E-state index is 6.27. The van der Waals surface area contributed by atoms with E-state index in [1.807, 2.05) is 25.1 Å². The van der Waals surface area contributed by atoms with E-state index in [9.17, 15) is 0 Å². The third-order valence-corrected chi connectivity index (χ3v) is 3.75. The van der Waals surface area contributed by atoms with Gasteiger partial charge >= 0.3 is 0 Å². The topological polar surface area (TPSA) is 22.1 Å². The van der Waals surface area contributed by atoms with E-state index in [0.29, 0.717) is 11.8 Å². The van der Waals surface area contributed by atoms with Crippen LogP contribution in [0.25, 0.3) is 0 Å². The van der Waals surface area contributed by atoms with Crippen LogP contribution in [0.3, 0.4) is 0 Å². The lowest BCUT2D eigenvalue weighted by Crippen LogP contribution is -1.96. The first-order valence-corrected chi connectivity index (χ1v) is 7.41. The number of aromatic nitrogens is 1. The SMILES string of the molecule is Cc1cc(Cl)c(C(C)C)cc1Oc1ccncc1CCl. The second-order valence-corrected chi connectivity index (χ2v) is 5.69. The zero-order valence-electron chi connectivity index (χ0n) is 11.8. The normalized spacial score (nSPS) is 10.9. The molecule has 0 saturated heterocycles. The Morgan fingerprint density at radius 1 is 1.25 bits per heavy atom. The lowest BCUT2D eigenvalue weighted by Gasteiger charge is -2.15. The molecule has 20 heavy (non-hydrogen) atoms. The van der Waals surface area contributed by atoms with Gasteiger partial charge in [0.25, 0.3) is 0 Å². The van der Waals surface area contributed by atoms with E-state index in [2.05, 4.69) is 18.8 Å². The van der Waals surface area contributed by atoms with Gasteiger partial charge < -0.3 is 4.74 Å². The highest BCUT2D eigenvalue weighted by atomic mass is 35.5. The summed E-state index contributed by atoms with van der Waals surface area (Å²) >= 11 is 12.2. The molecule has 2 nitrogen and oxygen atoms in total. The molecule has 0 saturated carbocycles. The third-order valence-electron chi connectivity index (χ3n) is 3.14. The van der Waals surface area contributed by atoms with Crippen LogP contribution in [0.5, 0.6) is 11.5 Å². The Kier molecular flexibility index (Phi) is 4.90. The molecule has 0 aliphatic heterocycles. The van der Waals surface area contributed by atoms with E-state index in [0.717, 1.165) is 33.2 Å². The quantitative estimate of drug-likeness (QED) is 0.676. The molecule has 0 spiro atoms. The number of aryl methyl sites for hydroxylation is 1. The molecule has 4 heteroatoms. The van der Waals surface area contributed by atoms with Crippen LogP contribution in [0.15, 0.2) is 30.6 Å². The van der Waals surface area contributed by atoms with Gasteiger partial charge in [-0.25, -0.2) is 0 Å². The molecule has 2 aromatic rings. The maximum atomic E-state index is 6.27. The summed E-state index contributed by atoms with van der Waals surface area (Å²) in [5.41, 5.74) is 2.94. The van der Waals surface area contributed by atoms with Crippen LogP contribution in [-0.2, 0) is 5.88 Å². The standard InChI is InChI=1S/C16H17Cl2NO/c1-10(2)13-7-16(11(3)6-14(13)18)20-15-4-5-19-9-12(15)8-17/h4-7,9-10H,8H2,1-3H3. The second-order valence-electron chi connectivity index (χ2n) is 5.01. The average molecular weight is 310 g/mol. The number of hydrogen-bond donors (Lipinski definition) is 0. The minimum Gasteiger partial charge on any atom is -0.457 e. The van der Waals surface area contributed by atoms with Crippen molar-refractivity contribution in [3.8, 4) is 11.5 Å². The first kappa shape index (κ1) is 15.1. The van der Waals surface area contributed by atoms with Gasteiger partial charge in [0.05, 0.1) is 5.88 Å². The fraction of sp³-hybridized carbons (Fsp3) is 0.312. The summed E-state index contributed by atoms with van der Waals surface area (Å²) in [4.78, 5) is 4.05. The molecular weight excluding hydrogens is 293 g/mol. The van der Waals surface area contributed by atoms with Gasteiger partial charge in [0.1, 0.15) is 11.5 Å². The molecule has 0 radical (unpaired) electrons. The average Bonchev–Trinajstić information content (AvgIpc) is 2.42. The van der Waals surface area contributed by atoms with Gasteiger partial charge in [0, 0.05) is 23.0 Å². The minimum atomic E-state index is 0.343. The van der Waals surface area contributed by atoms with Gasteiger partial charge in [0.2, 0.25) is 0 Å². The molecule has 0 atom stereocenters. The number of pyridine rings is 1. The molecule has 0 N–H and O–H groups in total. The fourth-order valence-corrected chi connectivity index (χ4v) is 2.59. The van der Waals surface area contributed by atoms with Crippen LogP contribution in [0.1, 0.15) is 36.5 Å². The molecule has 1 heterocycles. The molecule has 2 rings (SSSR count). The number of alkyl halides is 1. The third kappa shape index (κ3) is 3.25. The zero-order chi connectivity index (χ0) is 14.7. The molecule has 1 aromatic heterocycles. The monoisotopic (exact) mass is 309 g/mol. The Morgan fingerprint density at radius 2 is 2.00 bits per heavy atom. The second kappa shape index (κ2) is 6.47. The Hall–Kier alpha value is -1.25. The Balaban J connectivity index is 2.40. The molecule has 0 bridgehead atoms. The summed E-state index contributed by atoms with van der Waals surface area (Å²) in [7, 11) is 0. The van der Waals surface area contributed by atoms with Crippen LogP contribution < -0.4 is 4.74 Å². The zero-order valence-corrected chi connectivity index (χ0v) is 13.3. The van der Waals surface area contributed by atoms with E-state index in [1.54, 1.807) is 12.4 Å². The summed E-state index contributed by atoms with van der Waals surface area (Å²) < 4.78 is 5.99. The highest BCUT2D eigenvalue weighted by Crippen LogP contribution is 2.34. The van der Waals surface area contributed by atoms with Crippen molar-refractivity contribution in [1.82, 2.24) is 4.98 Å². The van der Waals surface area contributed by atoms with Crippen molar-refractivity contribution < 1.29 is 4.74 Å². The predicted octanol–water partition coefficient (Wildman–Crippen LogP) is 5.70. The molecule has 0 unspecified atom stereocenters. The van der Waals surface area contributed by atoms with Gasteiger partial charge in [-0.15, -0.1) is 11.6 Å². The van der Waals surface area contributed by atoms with Crippen LogP contribution in [0.2, 0.25) is 5.02 Å². The first-order valence-electron chi connectivity index (χ1n) is 6.49. The fourth-order valence-electron chi connectivity index (χ4n) is 1.95. The summed E-state index contributed by atoms with van der Waals surface area (Å²) in [5, 5.41) is 0.775. The molecule has 0 aliphatic carbocycles. The lowest BCUT2D eigenvalue weighted by atomic mass is 10.0. The highest BCUT2D eigenvalue weighted by molar-refractivity contribution is 6.31. The van der Waals surface area contributed by atoms with Crippen molar-refractivity contribution in [2.24, 2.45) is 0 Å². The van der Waals surface area contributed by atoms with Gasteiger partial charge in [-0.1, -0.05) is 25.4 Å². The van der Waals surface area contributed by atoms with Crippen LogP contribution in [0.4, 0.5) is 0 Å². The van der Waals surface area contributed by atoms with Crippen molar-refractivity contribution in [3.05, 3.63) is 52.3 Å². The summed E-state index contributed by atoms with van der Waals surface area (Å²) in [5.74, 6) is 2.24.